The van der Waals surface area contributed by atoms with E-state index in [-0.39, 0.29) is 23.3 Å². The summed E-state index contributed by atoms with van der Waals surface area (Å²) in [6.07, 6.45) is -9.98. The lowest BCUT2D eigenvalue weighted by Gasteiger charge is -2.12. The Morgan fingerprint density at radius 1 is 0.900 bits per heavy atom. The van der Waals surface area contributed by atoms with Crippen LogP contribution in [0.3, 0.4) is 0 Å². The molecular formula is C18H13F6N5O. The lowest BCUT2D eigenvalue weighted by atomic mass is 10.1. The number of hydrogen-bond acceptors (Lipinski definition) is 5. The third-order valence-electron chi connectivity index (χ3n) is 3.98. The van der Waals surface area contributed by atoms with Crippen LogP contribution >= 0.6 is 0 Å². The molecule has 0 unspecified atom stereocenters. The molecule has 0 fully saturated rings. The first-order chi connectivity index (χ1) is 14.0. The summed E-state index contributed by atoms with van der Waals surface area (Å²) in [7, 11) is 1.48. The fourth-order valence-corrected chi connectivity index (χ4v) is 2.51. The highest BCUT2D eigenvalue weighted by atomic mass is 19.4. The van der Waals surface area contributed by atoms with Crippen LogP contribution in [0.15, 0.2) is 52.7 Å². The Labute approximate surface area is 165 Å². The van der Waals surface area contributed by atoms with Gasteiger partial charge in [0, 0.05) is 5.56 Å². The summed E-state index contributed by atoms with van der Waals surface area (Å²) in [4.78, 5) is 0. The summed E-state index contributed by atoms with van der Waals surface area (Å²) >= 11 is 0. The molecule has 3 N–H and O–H groups in total. The van der Waals surface area contributed by atoms with Gasteiger partial charge >= 0.3 is 12.4 Å². The number of nitrogen functional groups attached to an aromatic ring is 1. The minimum atomic E-state index is -4.99. The number of benzene rings is 2. The Kier molecular flexibility index (Phi) is 5.42. The quantitative estimate of drug-likeness (QED) is 0.387. The molecule has 0 aliphatic carbocycles. The molecule has 0 atom stereocenters. The first-order valence-corrected chi connectivity index (χ1v) is 8.18. The number of nitrogens with one attached hydrogen (secondary N) is 1. The van der Waals surface area contributed by atoms with E-state index in [4.69, 9.17) is 10.5 Å². The number of aromatic nitrogens is 2. The van der Waals surface area contributed by atoms with E-state index in [1.54, 1.807) is 24.3 Å². The highest BCUT2D eigenvalue weighted by Gasteiger charge is 2.37. The van der Waals surface area contributed by atoms with Crippen molar-refractivity contribution in [3.63, 3.8) is 0 Å². The zero-order valence-corrected chi connectivity index (χ0v) is 15.1. The van der Waals surface area contributed by atoms with Gasteiger partial charge in [0.25, 0.3) is 0 Å². The summed E-state index contributed by atoms with van der Waals surface area (Å²) in [6.45, 7) is 0. The molecule has 0 amide bonds. The first kappa shape index (κ1) is 21.1. The van der Waals surface area contributed by atoms with E-state index in [0.29, 0.717) is 23.4 Å². The SMILES string of the molecule is COc1ccc(-c2[nH]nc(N)c2N=Nc2cc(C(F)(F)F)cc(C(F)(F)F)c2)cc1. The second-order valence-corrected chi connectivity index (χ2v) is 6.03. The molecule has 3 rings (SSSR count). The predicted molar refractivity (Wildman–Crippen MR) is 95.6 cm³/mol. The first-order valence-electron chi connectivity index (χ1n) is 8.18. The molecule has 0 saturated heterocycles. The maximum absolute atomic E-state index is 13.0. The minimum absolute atomic E-state index is 0.00795. The molecule has 1 aromatic heterocycles. The second-order valence-electron chi connectivity index (χ2n) is 6.03. The number of ether oxygens (including phenoxy) is 1. The van der Waals surface area contributed by atoms with Crippen LogP contribution in [0, 0.1) is 0 Å². The van der Waals surface area contributed by atoms with E-state index in [0.717, 1.165) is 0 Å². The number of anilines is 1. The highest BCUT2D eigenvalue weighted by molar-refractivity contribution is 5.79. The third-order valence-corrected chi connectivity index (χ3v) is 3.98. The van der Waals surface area contributed by atoms with Gasteiger partial charge in [-0.05, 0) is 42.5 Å². The molecule has 1 heterocycles. The number of azo groups is 1. The van der Waals surface area contributed by atoms with E-state index in [1.165, 1.54) is 7.11 Å². The number of halogens is 6. The fourth-order valence-electron chi connectivity index (χ4n) is 2.51. The van der Waals surface area contributed by atoms with Gasteiger partial charge in [0.15, 0.2) is 11.5 Å². The lowest BCUT2D eigenvalue weighted by Crippen LogP contribution is -2.10. The summed E-state index contributed by atoms with van der Waals surface area (Å²) in [5, 5.41) is 13.7. The summed E-state index contributed by atoms with van der Waals surface area (Å²) < 4.78 is 82.9. The molecule has 0 bridgehead atoms. The van der Waals surface area contributed by atoms with E-state index >= 15 is 0 Å². The summed E-state index contributed by atoms with van der Waals surface area (Å²) in [6, 6.07) is 7.47. The number of aromatic amines is 1. The van der Waals surface area contributed by atoms with Crippen LogP contribution in [0.1, 0.15) is 11.1 Å². The maximum atomic E-state index is 13.0. The van der Waals surface area contributed by atoms with Crippen LogP contribution in [-0.2, 0) is 12.4 Å². The maximum Gasteiger partial charge on any atom is 0.416 e. The van der Waals surface area contributed by atoms with Crippen LogP contribution in [0.2, 0.25) is 0 Å². The Hall–Kier alpha value is -3.57. The molecule has 30 heavy (non-hydrogen) atoms. The van der Waals surface area contributed by atoms with Gasteiger partial charge in [0.1, 0.15) is 5.75 Å². The van der Waals surface area contributed by atoms with Crippen molar-refractivity contribution in [1.82, 2.24) is 10.2 Å². The Bertz CT molecular complexity index is 1040. The van der Waals surface area contributed by atoms with Crippen LogP contribution < -0.4 is 10.5 Å². The number of methoxy groups -OCH3 is 1. The standard InChI is InChI=1S/C18H13F6N5O/c1-30-13-4-2-9(3-5-13)14-15(16(25)29-27-14)28-26-12-7-10(17(19,20)21)6-11(8-12)18(22,23)24/h2-8H,1H3,(H3,25,27,29). The summed E-state index contributed by atoms with van der Waals surface area (Å²) in [5.41, 5.74) is 2.87. The number of alkyl halides is 6. The Morgan fingerprint density at radius 2 is 1.47 bits per heavy atom. The van der Waals surface area contributed by atoms with Crippen molar-refractivity contribution in [2.24, 2.45) is 10.2 Å². The second kappa shape index (κ2) is 7.69. The molecule has 2 aromatic carbocycles. The smallest absolute Gasteiger partial charge is 0.416 e. The molecule has 0 saturated carbocycles. The largest absolute Gasteiger partial charge is 0.497 e. The monoisotopic (exact) mass is 429 g/mol. The van der Waals surface area contributed by atoms with Gasteiger partial charge in [-0.2, -0.15) is 36.6 Å². The van der Waals surface area contributed by atoms with Crippen LogP contribution in [0.25, 0.3) is 11.3 Å². The molecule has 3 aromatic rings. The van der Waals surface area contributed by atoms with Gasteiger partial charge in [0.2, 0.25) is 0 Å². The number of nitrogens with zero attached hydrogens (tertiary/aromatic N) is 3. The zero-order valence-electron chi connectivity index (χ0n) is 15.1. The van der Waals surface area contributed by atoms with Gasteiger partial charge in [-0.25, -0.2) is 0 Å². The highest BCUT2D eigenvalue weighted by Crippen LogP contribution is 2.39. The van der Waals surface area contributed by atoms with Gasteiger partial charge < -0.3 is 10.5 Å². The number of rotatable bonds is 4. The number of H-pyrrole nitrogens is 1. The van der Waals surface area contributed by atoms with E-state index in [1.807, 2.05) is 0 Å². The minimum Gasteiger partial charge on any atom is -0.497 e. The average Bonchev–Trinajstić information content (AvgIpc) is 3.05. The fraction of sp³-hybridized carbons (Fsp3) is 0.167. The van der Waals surface area contributed by atoms with E-state index in [9.17, 15) is 26.3 Å². The molecule has 158 valence electrons. The molecule has 6 nitrogen and oxygen atoms in total. The normalized spacial score (nSPS) is 12.5. The van der Waals surface area contributed by atoms with E-state index < -0.39 is 29.2 Å². The van der Waals surface area contributed by atoms with Crippen LogP contribution in [0.4, 0.5) is 43.5 Å². The van der Waals surface area contributed by atoms with Gasteiger partial charge in [-0.15, -0.1) is 5.11 Å². The van der Waals surface area contributed by atoms with Crippen molar-refractivity contribution in [2.45, 2.75) is 12.4 Å². The molecular weight excluding hydrogens is 416 g/mol. The van der Waals surface area contributed by atoms with Crippen molar-refractivity contribution >= 4 is 17.2 Å². The van der Waals surface area contributed by atoms with Crippen molar-refractivity contribution in [2.75, 3.05) is 12.8 Å². The van der Waals surface area contributed by atoms with Crippen LogP contribution in [0.5, 0.6) is 5.75 Å². The van der Waals surface area contributed by atoms with Crippen molar-refractivity contribution in [1.29, 1.82) is 0 Å². The topological polar surface area (TPSA) is 88.6 Å². The van der Waals surface area contributed by atoms with Gasteiger partial charge in [-0.3, -0.25) is 5.10 Å². The van der Waals surface area contributed by atoms with Crippen LogP contribution in [-0.4, -0.2) is 17.3 Å². The number of hydrogen-bond donors (Lipinski definition) is 2. The zero-order chi connectivity index (χ0) is 22.1. The molecule has 0 aliphatic heterocycles. The van der Waals surface area contributed by atoms with Crippen molar-refractivity contribution in [3.8, 4) is 17.0 Å². The number of nitrogens with two attached hydrogens (primary N) is 1. The lowest BCUT2D eigenvalue weighted by molar-refractivity contribution is -0.143. The van der Waals surface area contributed by atoms with Crippen molar-refractivity contribution < 1.29 is 31.1 Å². The molecule has 0 aliphatic rings. The molecule has 0 spiro atoms. The third kappa shape index (κ3) is 4.53. The summed E-state index contributed by atoms with van der Waals surface area (Å²) in [5.74, 6) is 0.436. The van der Waals surface area contributed by atoms with Crippen molar-refractivity contribution in [3.05, 3.63) is 53.6 Å². The Morgan fingerprint density at radius 3 is 1.97 bits per heavy atom. The average molecular weight is 429 g/mol. The Balaban J connectivity index is 2.03. The molecule has 0 radical (unpaired) electrons. The van der Waals surface area contributed by atoms with Gasteiger partial charge in [-0.1, -0.05) is 0 Å². The molecule has 12 heteroatoms. The van der Waals surface area contributed by atoms with Gasteiger partial charge in [0.05, 0.1) is 29.6 Å². The van der Waals surface area contributed by atoms with E-state index in [2.05, 4.69) is 20.4 Å². The predicted octanol–water partition coefficient (Wildman–Crippen LogP) is 6.12.